The second-order valence-corrected chi connectivity index (χ2v) is 8.24. The van der Waals surface area contributed by atoms with E-state index in [0.29, 0.717) is 29.5 Å². The lowest BCUT2D eigenvalue weighted by Crippen LogP contribution is -2.38. The zero-order valence-electron chi connectivity index (χ0n) is 17.2. The molecular formula is C22H23N3O5S. The number of nitrogens with zero attached hydrogens (tertiary/aromatic N) is 2. The number of rotatable bonds is 9. The monoisotopic (exact) mass is 441 g/mol. The second-order valence-electron chi connectivity index (χ2n) is 6.38. The Kier molecular flexibility index (Phi) is 7.09. The largest absolute Gasteiger partial charge is 0.497 e. The molecule has 0 saturated carbocycles. The summed E-state index contributed by atoms with van der Waals surface area (Å²) in [6, 6.07) is 16.3. The third-order valence-electron chi connectivity index (χ3n) is 4.33. The van der Waals surface area contributed by atoms with Gasteiger partial charge in [-0.05, 0) is 55.5 Å². The van der Waals surface area contributed by atoms with E-state index in [2.05, 4.69) is 10.3 Å². The first kappa shape index (κ1) is 22.1. The minimum atomic E-state index is -4.04. The summed E-state index contributed by atoms with van der Waals surface area (Å²) in [4.78, 5) is 16.7. The molecule has 3 aromatic rings. The van der Waals surface area contributed by atoms with E-state index in [1.807, 2.05) is 6.92 Å². The number of anilines is 2. The van der Waals surface area contributed by atoms with Crippen LogP contribution < -0.4 is 19.1 Å². The van der Waals surface area contributed by atoms with Gasteiger partial charge < -0.3 is 14.8 Å². The highest BCUT2D eigenvalue weighted by Crippen LogP contribution is 2.27. The third-order valence-corrected chi connectivity index (χ3v) is 6.09. The molecule has 0 aliphatic carbocycles. The van der Waals surface area contributed by atoms with Gasteiger partial charge >= 0.3 is 0 Å². The van der Waals surface area contributed by atoms with Crippen LogP contribution in [0.2, 0.25) is 0 Å². The lowest BCUT2D eigenvalue weighted by atomic mass is 10.3. The fraction of sp³-hybridized carbons (Fsp3) is 0.182. The van der Waals surface area contributed by atoms with Crippen molar-refractivity contribution in [1.29, 1.82) is 0 Å². The maximum Gasteiger partial charge on any atom is 0.266 e. The molecule has 0 saturated heterocycles. The van der Waals surface area contributed by atoms with Crippen molar-refractivity contribution in [3.63, 3.8) is 0 Å². The highest BCUT2D eigenvalue weighted by atomic mass is 32.2. The van der Waals surface area contributed by atoms with Crippen LogP contribution in [0.25, 0.3) is 0 Å². The Morgan fingerprint density at radius 3 is 2.45 bits per heavy atom. The van der Waals surface area contributed by atoms with Gasteiger partial charge in [-0.3, -0.25) is 14.1 Å². The van der Waals surface area contributed by atoms with Crippen molar-refractivity contribution in [2.24, 2.45) is 0 Å². The van der Waals surface area contributed by atoms with Crippen LogP contribution in [-0.4, -0.2) is 39.6 Å². The molecule has 9 heteroatoms. The van der Waals surface area contributed by atoms with E-state index in [-0.39, 0.29) is 4.90 Å². The minimum Gasteiger partial charge on any atom is -0.497 e. The van der Waals surface area contributed by atoms with E-state index < -0.39 is 22.5 Å². The predicted octanol–water partition coefficient (Wildman–Crippen LogP) is 3.32. The average Bonchev–Trinajstić information content (AvgIpc) is 2.79. The summed E-state index contributed by atoms with van der Waals surface area (Å²) in [6.07, 6.45) is 2.72. The number of pyridine rings is 1. The fourth-order valence-corrected chi connectivity index (χ4v) is 4.25. The molecule has 0 spiro atoms. The summed E-state index contributed by atoms with van der Waals surface area (Å²) in [5, 5.41) is 2.73. The van der Waals surface area contributed by atoms with Crippen molar-refractivity contribution in [3.8, 4) is 11.5 Å². The van der Waals surface area contributed by atoms with Gasteiger partial charge in [0.1, 0.15) is 22.9 Å². The third kappa shape index (κ3) is 5.32. The van der Waals surface area contributed by atoms with E-state index in [1.165, 1.54) is 31.6 Å². The molecule has 0 aliphatic heterocycles. The number of carbonyl (C=O) groups excluding carboxylic acids is 1. The van der Waals surface area contributed by atoms with Gasteiger partial charge in [0.25, 0.3) is 10.0 Å². The van der Waals surface area contributed by atoms with Crippen molar-refractivity contribution in [2.75, 3.05) is 29.9 Å². The fourth-order valence-electron chi connectivity index (χ4n) is 2.86. The Bertz CT molecular complexity index is 1120. The number of sulfonamides is 1. The minimum absolute atomic E-state index is 0.0201. The number of aromatic nitrogens is 1. The Morgan fingerprint density at radius 1 is 1.06 bits per heavy atom. The molecule has 1 amide bonds. The number of benzene rings is 2. The number of carbonyl (C=O) groups is 1. The van der Waals surface area contributed by atoms with Gasteiger partial charge in [0.15, 0.2) is 0 Å². The molecule has 1 N–H and O–H groups in total. The Morgan fingerprint density at radius 2 is 1.81 bits per heavy atom. The Balaban J connectivity index is 1.92. The second kappa shape index (κ2) is 9.94. The van der Waals surface area contributed by atoms with Crippen molar-refractivity contribution in [1.82, 2.24) is 4.98 Å². The maximum atomic E-state index is 13.3. The number of para-hydroxylation sites is 2. The SMILES string of the molecule is CCOc1ccccc1NC(=O)CN(c1ccc(OC)cc1)S(=O)(=O)c1cccnc1. The predicted molar refractivity (Wildman–Crippen MR) is 118 cm³/mol. The van der Waals surface area contributed by atoms with E-state index in [9.17, 15) is 13.2 Å². The number of nitrogens with one attached hydrogen (secondary N) is 1. The summed E-state index contributed by atoms with van der Waals surface area (Å²) in [6.45, 7) is 1.83. The number of methoxy groups -OCH3 is 1. The molecule has 1 aromatic heterocycles. The summed E-state index contributed by atoms with van der Waals surface area (Å²) in [5.41, 5.74) is 0.778. The van der Waals surface area contributed by atoms with Crippen LogP contribution in [0.1, 0.15) is 6.92 Å². The van der Waals surface area contributed by atoms with Gasteiger partial charge in [-0.1, -0.05) is 12.1 Å². The molecule has 31 heavy (non-hydrogen) atoms. The molecule has 0 atom stereocenters. The van der Waals surface area contributed by atoms with E-state index in [4.69, 9.17) is 9.47 Å². The van der Waals surface area contributed by atoms with Crippen molar-refractivity contribution >= 4 is 27.3 Å². The summed E-state index contributed by atoms with van der Waals surface area (Å²) >= 11 is 0. The lowest BCUT2D eigenvalue weighted by Gasteiger charge is -2.24. The Hall–Kier alpha value is -3.59. The van der Waals surface area contributed by atoms with Crippen LogP contribution >= 0.6 is 0 Å². The number of hydrogen-bond acceptors (Lipinski definition) is 6. The van der Waals surface area contributed by atoms with Crippen LogP contribution in [0.3, 0.4) is 0 Å². The summed E-state index contributed by atoms with van der Waals surface area (Å²) in [5.74, 6) is 0.553. The van der Waals surface area contributed by atoms with Gasteiger partial charge in [0, 0.05) is 12.4 Å². The highest BCUT2D eigenvalue weighted by molar-refractivity contribution is 7.92. The molecule has 0 bridgehead atoms. The summed E-state index contributed by atoms with van der Waals surface area (Å²) < 4.78 is 38.3. The van der Waals surface area contributed by atoms with Gasteiger partial charge in [0.05, 0.1) is 25.1 Å². The summed E-state index contributed by atoms with van der Waals surface area (Å²) in [7, 11) is -2.53. The van der Waals surface area contributed by atoms with Crippen LogP contribution in [0.4, 0.5) is 11.4 Å². The molecule has 2 aromatic carbocycles. The Labute approximate surface area is 181 Å². The van der Waals surface area contributed by atoms with Crippen LogP contribution in [0.15, 0.2) is 78.0 Å². The van der Waals surface area contributed by atoms with Crippen molar-refractivity contribution < 1.29 is 22.7 Å². The quantitative estimate of drug-likeness (QED) is 0.547. The van der Waals surface area contributed by atoms with Gasteiger partial charge in [-0.25, -0.2) is 8.42 Å². The van der Waals surface area contributed by atoms with Crippen molar-refractivity contribution in [3.05, 3.63) is 73.1 Å². The van der Waals surface area contributed by atoms with Crippen molar-refractivity contribution in [2.45, 2.75) is 11.8 Å². The van der Waals surface area contributed by atoms with E-state index in [1.54, 1.807) is 48.5 Å². The molecule has 0 radical (unpaired) electrons. The highest BCUT2D eigenvalue weighted by Gasteiger charge is 2.27. The normalized spacial score (nSPS) is 10.9. The average molecular weight is 442 g/mol. The first-order valence-corrected chi connectivity index (χ1v) is 11.0. The molecule has 0 aliphatic rings. The van der Waals surface area contributed by atoms with Crippen LogP contribution in [0, 0.1) is 0 Å². The first-order valence-electron chi connectivity index (χ1n) is 9.54. The first-order chi connectivity index (χ1) is 15.0. The van der Waals surface area contributed by atoms with Gasteiger partial charge in [-0.2, -0.15) is 0 Å². The van der Waals surface area contributed by atoms with Crippen LogP contribution in [0.5, 0.6) is 11.5 Å². The van der Waals surface area contributed by atoms with E-state index in [0.717, 1.165) is 4.31 Å². The number of amides is 1. The smallest absolute Gasteiger partial charge is 0.266 e. The molecule has 3 rings (SSSR count). The molecule has 1 heterocycles. The molecule has 8 nitrogen and oxygen atoms in total. The lowest BCUT2D eigenvalue weighted by molar-refractivity contribution is -0.114. The maximum absolute atomic E-state index is 13.3. The molecule has 0 fully saturated rings. The molecule has 0 unspecified atom stereocenters. The van der Waals surface area contributed by atoms with E-state index >= 15 is 0 Å². The topological polar surface area (TPSA) is 97.8 Å². The zero-order valence-corrected chi connectivity index (χ0v) is 18.0. The standard InChI is InChI=1S/C22H23N3O5S/c1-3-30-21-9-5-4-8-20(21)24-22(26)16-25(17-10-12-18(29-2)13-11-17)31(27,28)19-7-6-14-23-15-19/h4-15H,3,16H2,1-2H3,(H,24,26). The number of ether oxygens (including phenoxy) is 2. The number of hydrogen-bond donors (Lipinski definition) is 1. The molecular weight excluding hydrogens is 418 g/mol. The van der Waals surface area contributed by atoms with Crippen LogP contribution in [-0.2, 0) is 14.8 Å². The van der Waals surface area contributed by atoms with Gasteiger partial charge in [0.2, 0.25) is 5.91 Å². The zero-order chi connectivity index (χ0) is 22.3. The van der Waals surface area contributed by atoms with Gasteiger partial charge in [-0.15, -0.1) is 0 Å². The molecule has 162 valence electrons.